The predicted octanol–water partition coefficient (Wildman–Crippen LogP) is 3.19. The third-order valence-corrected chi connectivity index (χ3v) is 5.75. The Labute approximate surface area is 179 Å². The number of carbonyl (C=O) groups is 1. The Kier molecular flexibility index (Phi) is 11.0. The van der Waals surface area contributed by atoms with E-state index >= 15 is 0 Å². The largest absolute Gasteiger partial charge is 0.379 e. The number of halogens is 3. The van der Waals surface area contributed by atoms with Crippen LogP contribution >= 0.6 is 36.4 Å². The summed E-state index contributed by atoms with van der Waals surface area (Å²) in [5.41, 5.74) is 7.15. The van der Waals surface area contributed by atoms with Crippen LogP contribution in [0.3, 0.4) is 0 Å². The lowest BCUT2D eigenvalue weighted by atomic mass is 9.99. The fourth-order valence-electron chi connectivity index (χ4n) is 3.91. The van der Waals surface area contributed by atoms with Crippen LogP contribution in [0.4, 0.5) is 0 Å². The summed E-state index contributed by atoms with van der Waals surface area (Å²) in [7, 11) is 0. The lowest BCUT2D eigenvalue weighted by Crippen LogP contribution is -2.44. The topological polar surface area (TPSA) is 67.6 Å². The van der Waals surface area contributed by atoms with E-state index in [1.165, 1.54) is 0 Å². The van der Waals surface area contributed by atoms with Crippen LogP contribution in [0, 0.1) is 5.92 Å². The number of hydrogen-bond acceptors (Lipinski definition) is 4. The van der Waals surface area contributed by atoms with Crippen molar-refractivity contribution < 1.29 is 9.53 Å². The molecular formula is C19H30Cl3N3O2. The van der Waals surface area contributed by atoms with Crippen molar-refractivity contribution in [3.8, 4) is 0 Å². The zero-order chi connectivity index (χ0) is 17.6. The third kappa shape index (κ3) is 6.77. The van der Waals surface area contributed by atoms with Gasteiger partial charge in [-0.15, -0.1) is 24.8 Å². The van der Waals surface area contributed by atoms with Gasteiger partial charge in [-0.25, -0.2) is 0 Å². The molecule has 0 spiro atoms. The van der Waals surface area contributed by atoms with Crippen LogP contribution in [-0.2, 0) is 9.53 Å². The van der Waals surface area contributed by atoms with Gasteiger partial charge < -0.3 is 15.8 Å². The number of rotatable bonds is 6. The molecule has 3 rings (SSSR count). The Bertz CT molecular complexity index is 585. The van der Waals surface area contributed by atoms with Gasteiger partial charge in [-0.3, -0.25) is 9.69 Å². The summed E-state index contributed by atoms with van der Waals surface area (Å²) in [5, 5.41) is 3.86. The molecule has 3 atom stereocenters. The fraction of sp³-hybridized carbons (Fsp3) is 0.632. The van der Waals surface area contributed by atoms with Crippen LogP contribution < -0.4 is 11.1 Å². The van der Waals surface area contributed by atoms with Crippen LogP contribution in [-0.4, -0.2) is 49.7 Å². The summed E-state index contributed by atoms with van der Waals surface area (Å²) in [5.74, 6) is 0.412. The summed E-state index contributed by atoms with van der Waals surface area (Å²) in [4.78, 5) is 14.7. The molecule has 0 radical (unpaired) electrons. The Morgan fingerprint density at radius 3 is 2.59 bits per heavy atom. The average molecular weight is 439 g/mol. The molecule has 1 saturated carbocycles. The van der Waals surface area contributed by atoms with Crippen LogP contribution in [0.2, 0.25) is 5.02 Å². The lowest BCUT2D eigenvalue weighted by Gasteiger charge is -2.35. The predicted molar refractivity (Wildman–Crippen MR) is 114 cm³/mol. The maximum atomic E-state index is 12.4. The summed E-state index contributed by atoms with van der Waals surface area (Å²) in [6, 6.07) is 8.12. The Morgan fingerprint density at radius 1 is 1.26 bits per heavy atom. The van der Waals surface area contributed by atoms with Crippen molar-refractivity contribution in [1.29, 1.82) is 0 Å². The Morgan fingerprint density at radius 2 is 1.96 bits per heavy atom. The first kappa shape index (κ1) is 24.5. The van der Waals surface area contributed by atoms with E-state index in [9.17, 15) is 4.79 Å². The molecule has 1 aromatic rings. The van der Waals surface area contributed by atoms with Crippen molar-refractivity contribution in [3.63, 3.8) is 0 Å². The number of hydrogen-bond donors (Lipinski definition) is 2. The van der Waals surface area contributed by atoms with Crippen molar-refractivity contribution in [3.05, 3.63) is 34.9 Å². The van der Waals surface area contributed by atoms with Crippen LogP contribution in [0.25, 0.3) is 0 Å². The molecule has 0 aromatic heterocycles. The molecule has 8 heteroatoms. The van der Waals surface area contributed by atoms with Crippen LogP contribution in [0.15, 0.2) is 24.3 Å². The summed E-state index contributed by atoms with van der Waals surface area (Å²) in [6.07, 6.45) is 3.76. The molecule has 3 N–H and O–H groups in total. The molecule has 2 aliphatic rings. The minimum atomic E-state index is 0. The quantitative estimate of drug-likeness (QED) is 0.716. The number of nitrogens with zero attached hydrogens (tertiary/aromatic N) is 1. The highest BCUT2D eigenvalue weighted by molar-refractivity contribution is 6.31. The van der Waals surface area contributed by atoms with Crippen molar-refractivity contribution in [2.45, 2.75) is 37.8 Å². The van der Waals surface area contributed by atoms with Crippen molar-refractivity contribution in [2.75, 3.05) is 32.8 Å². The lowest BCUT2D eigenvalue weighted by molar-refractivity contribution is -0.122. The fourth-order valence-corrected chi connectivity index (χ4v) is 4.17. The highest BCUT2D eigenvalue weighted by atomic mass is 35.5. The number of ether oxygens (including phenoxy) is 1. The number of morpholine rings is 1. The van der Waals surface area contributed by atoms with E-state index < -0.39 is 0 Å². The number of carbonyl (C=O) groups excluding carboxylic acids is 1. The molecule has 1 unspecified atom stereocenters. The smallest absolute Gasteiger partial charge is 0.220 e. The number of amides is 1. The summed E-state index contributed by atoms with van der Waals surface area (Å²) < 4.78 is 5.47. The highest BCUT2D eigenvalue weighted by Gasteiger charge is 2.28. The molecule has 154 valence electrons. The van der Waals surface area contributed by atoms with Crippen molar-refractivity contribution in [1.82, 2.24) is 10.2 Å². The van der Waals surface area contributed by atoms with E-state index in [0.717, 1.165) is 42.9 Å². The van der Waals surface area contributed by atoms with Crippen LogP contribution in [0.5, 0.6) is 0 Å². The zero-order valence-electron chi connectivity index (χ0n) is 15.4. The normalized spacial score (nSPS) is 23.8. The van der Waals surface area contributed by atoms with Gasteiger partial charge in [0, 0.05) is 37.1 Å². The molecule has 1 amide bonds. The standard InChI is InChI=1S/C19H28ClN3O2.2ClH/c20-16-6-2-1-5-15(16)18(23-8-10-25-11-9-23)13-22-19(24)12-14-4-3-7-17(14)21;;/h1-2,5-6,14,17-18H,3-4,7-13,21H2,(H,22,24);2*1H/t14-,17+,18?;;/m0../s1. The monoisotopic (exact) mass is 437 g/mol. The van der Waals surface area contributed by atoms with Gasteiger partial charge in [-0.2, -0.15) is 0 Å². The summed E-state index contributed by atoms with van der Waals surface area (Å²) in [6.45, 7) is 3.68. The molecule has 5 nitrogen and oxygen atoms in total. The zero-order valence-corrected chi connectivity index (χ0v) is 17.8. The van der Waals surface area contributed by atoms with Gasteiger partial charge in [0.1, 0.15) is 0 Å². The maximum absolute atomic E-state index is 12.4. The number of benzene rings is 1. The molecule has 1 saturated heterocycles. The first-order valence-corrected chi connectivity index (χ1v) is 9.61. The molecule has 2 fully saturated rings. The van der Waals surface area contributed by atoms with Gasteiger partial charge in [-0.1, -0.05) is 36.2 Å². The van der Waals surface area contributed by atoms with E-state index in [1.54, 1.807) is 0 Å². The second-order valence-corrected chi connectivity index (χ2v) is 7.46. The average Bonchev–Trinajstić information content (AvgIpc) is 3.02. The molecule has 27 heavy (non-hydrogen) atoms. The van der Waals surface area contributed by atoms with E-state index in [2.05, 4.69) is 10.2 Å². The molecule has 1 aromatic carbocycles. The molecule has 1 aliphatic heterocycles. The van der Waals surface area contributed by atoms with Gasteiger partial charge in [0.15, 0.2) is 0 Å². The number of nitrogens with two attached hydrogens (primary N) is 1. The van der Waals surface area contributed by atoms with E-state index in [1.807, 2.05) is 24.3 Å². The molecular weight excluding hydrogens is 409 g/mol. The van der Waals surface area contributed by atoms with Gasteiger partial charge in [0.2, 0.25) is 5.91 Å². The minimum Gasteiger partial charge on any atom is -0.379 e. The maximum Gasteiger partial charge on any atom is 0.220 e. The molecule has 0 bridgehead atoms. The van der Waals surface area contributed by atoms with E-state index in [-0.39, 0.29) is 42.8 Å². The highest BCUT2D eigenvalue weighted by Crippen LogP contribution is 2.29. The van der Waals surface area contributed by atoms with Gasteiger partial charge in [0.05, 0.1) is 19.3 Å². The SMILES string of the molecule is Cl.Cl.N[C@@H]1CCC[C@H]1CC(=O)NCC(c1ccccc1Cl)N1CCOCC1. The van der Waals surface area contributed by atoms with Gasteiger partial charge >= 0.3 is 0 Å². The van der Waals surface area contributed by atoms with E-state index in [0.29, 0.717) is 32.1 Å². The van der Waals surface area contributed by atoms with Gasteiger partial charge in [0.25, 0.3) is 0 Å². The first-order chi connectivity index (χ1) is 12.1. The Balaban J connectivity index is 0.00000182. The van der Waals surface area contributed by atoms with Crippen LogP contribution in [0.1, 0.15) is 37.3 Å². The minimum absolute atomic E-state index is 0. The van der Waals surface area contributed by atoms with Crippen molar-refractivity contribution in [2.24, 2.45) is 11.7 Å². The third-order valence-electron chi connectivity index (χ3n) is 5.41. The second kappa shape index (κ2) is 12.1. The second-order valence-electron chi connectivity index (χ2n) is 7.05. The van der Waals surface area contributed by atoms with Gasteiger partial charge in [-0.05, 0) is 30.4 Å². The van der Waals surface area contributed by atoms with Crippen molar-refractivity contribution >= 4 is 42.3 Å². The summed E-state index contributed by atoms with van der Waals surface area (Å²) >= 11 is 6.42. The number of nitrogens with one attached hydrogen (secondary N) is 1. The van der Waals surface area contributed by atoms with E-state index in [4.69, 9.17) is 22.1 Å². The molecule has 1 aliphatic carbocycles. The molecule has 1 heterocycles. The Hall–Kier alpha value is -0.560. The first-order valence-electron chi connectivity index (χ1n) is 9.23.